The lowest BCUT2D eigenvalue weighted by molar-refractivity contribution is 0.430. The van der Waals surface area contributed by atoms with Gasteiger partial charge in [-0.05, 0) is 0 Å². The van der Waals surface area contributed by atoms with Crippen LogP contribution in [0.4, 0.5) is 27.1 Å². The van der Waals surface area contributed by atoms with Gasteiger partial charge in [-0.3, -0.25) is 0 Å². The lowest BCUT2D eigenvalue weighted by Gasteiger charge is -2.04. The minimum atomic E-state index is -1.83. The first-order valence-corrected chi connectivity index (χ1v) is 3.62. The minimum Gasteiger partial charge on any atom is -0.394 e. The summed E-state index contributed by atoms with van der Waals surface area (Å²) in [4.78, 5) is -1.37. The molecule has 0 bridgehead atoms. The summed E-state index contributed by atoms with van der Waals surface area (Å²) in [6, 6.07) is 0. The van der Waals surface area contributed by atoms with Crippen LogP contribution >= 0.6 is 12.1 Å². The van der Waals surface area contributed by atoms with E-state index in [1.54, 1.807) is 0 Å². The van der Waals surface area contributed by atoms with Gasteiger partial charge < -0.3 is 5.73 Å². The van der Waals surface area contributed by atoms with Gasteiger partial charge in [0.25, 0.3) is 0 Å². The zero-order chi connectivity index (χ0) is 10.2. The first kappa shape index (κ1) is 10.1. The van der Waals surface area contributed by atoms with Crippen molar-refractivity contribution in [2.24, 2.45) is 0 Å². The van der Waals surface area contributed by atoms with Gasteiger partial charge in [0.15, 0.2) is 23.3 Å². The Labute approximate surface area is 74.0 Å². The first-order valence-electron chi connectivity index (χ1n) is 2.90. The van der Waals surface area contributed by atoms with Gasteiger partial charge in [-0.25, -0.2) is 17.6 Å². The molecule has 0 unspecified atom stereocenters. The molecular formula is C6H2F5NS. The molecule has 0 atom stereocenters. The lowest BCUT2D eigenvalue weighted by Crippen LogP contribution is -2.04. The zero-order valence-corrected chi connectivity index (χ0v) is 6.69. The predicted molar refractivity (Wildman–Crippen MR) is 37.7 cm³/mol. The zero-order valence-electron chi connectivity index (χ0n) is 5.88. The molecular weight excluding hydrogens is 213 g/mol. The summed E-state index contributed by atoms with van der Waals surface area (Å²) >= 11 is -0.926. The van der Waals surface area contributed by atoms with Crippen LogP contribution in [0, 0.1) is 23.3 Å². The van der Waals surface area contributed by atoms with Crippen molar-refractivity contribution >= 4 is 17.8 Å². The third-order valence-corrected chi connectivity index (χ3v) is 1.85. The second-order valence-corrected chi connectivity index (χ2v) is 2.64. The fourth-order valence-corrected chi connectivity index (χ4v) is 1.01. The van der Waals surface area contributed by atoms with Crippen molar-refractivity contribution < 1.29 is 21.4 Å². The van der Waals surface area contributed by atoms with E-state index in [0.29, 0.717) is 0 Å². The molecule has 72 valence electrons. The maximum absolute atomic E-state index is 12.6. The molecule has 13 heavy (non-hydrogen) atoms. The molecule has 0 amide bonds. The van der Waals surface area contributed by atoms with Gasteiger partial charge in [-0.1, -0.05) is 0 Å². The predicted octanol–water partition coefficient (Wildman–Crippen LogP) is 2.80. The molecule has 0 heterocycles. The van der Waals surface area contributed by atoms with E-state index in [1.165, 1.54) is 0 Å². The highest BCUT2D eigenvalue weighted by Crippen LogP contribution is 2.32. The van der Waals surface area contributed by atoms with Gasteiger partial charge in [0.2, 0.25) is 0 Å². The van der Waals surface area contributed by atoms with Crippen LogP contribution in [-0.2, 0) is 0 Å². The molecule has 0 fully saturated rings. The summed E-state index contributed by atoms with van der Waals surface area (Å²) in [6.07, 6.45) is 0. The van der Waals surface area contributed by atoms with Crippen molar-refractivity contribution in [3.8, 4) is 0 Å². The van der Waals surface area contributed by atoms with E-state index in [9.17, 15) is 21.4 Å². The van der Waals surface area contributed by atoms with Gasteiger partial charge in [0.1, 0.15) is 10.6 Å². The third-order valence-electron chi connectivity index (χ3n) is 1.33. The van der Waals surface area contributed by atoms with Crippen molar-refractivity contribution in [3.05, 3.63) is 23.3 Å². The number of nitrogens with two attached hydrogens (primary N) is 1. The number of rotatable bonds is 1. The Hall–Kier alpha value is -0.980. The standard InChI is InChI=1S/C6H2F5NS/c7-1-3(9)6(13-11)4(10)2(8)5(1)12/h12H2. The van der Waals surface area contributed by atoms with Crippen LogP contribution in [0.15, 0.2) is 4.90 Å². The maximum Gasteiger partial charge on any atom is 0.186 e. The highest BCUT2D eigenvalue weighted by Gasteiger charge is 2.24. The summed E-state index contributed by atoms with van der Waals surface area (Å²) in [5.41, 5.74) is 3.35. The molecule has 1 aromatic rings. The SMILES string of the molecule is Nc1c(F)c(F)c(SF)c(F)c1F. The largest absolute Gasteiger partial charge is 0.394 e. The summed E-state index contributed by atoms with van der Waals surface area (Å²) in [5, 5.41) is 0. The Kier molecular flexibility index (Phi) is 2.65. The molecule has 0 saturated heterocycles. The number of hydrogen-bond acceptors (Lipinski definition) is 2. The van der Waals surface area contributed by atoms with E-state index in [2.05, 4.69) is 5.73 Å². The van der Waals surface area contributed by atoms with Gasteiger partial charge in [-0.15, -0.1) is 0 Å². The molecule has 0 spiro atoms. The number of halogens is 5. The van der Waals surface area contributed by atoms with Gasteiger partial charge >= 0.3 is 0 Å². The minimum absolute atomic E-state index is 0.926. The molecule has 0 saturated carbocycles. The summed E-state index contributed by atoms with van der Waals surface area (Å²) in [5.74, 6) is -7.24. The Bertz CT molecular complexity index is 324. The molecule has 2 N–H and O–H groups in total. The van der Waals surface area contributed by atoms with E-state index >= 15 is 0 Å². The van der Waals surface area contributed by atoms with Gasteiger partial charge in [0, 0.05) is 0 Å². The molecule has 0 aromatic heterocycles. The Balaban J connectivity index is 3.56. The lowest BCUT2D eigenvalue weighted by atomic mass is 10.2. The third kappa shape index (κ3) is 1.43. The van der Waals surface area contributed by atoms with E-state index < -0.39 is 46.0 Å². The van der Waals surface area contributed by atoms with Crippen LogP contribution < -0.4 is 5.73 Å². The van der Waals surface area contributed by atoms with Gasteiger partial charge in [-0.2, -0.15) is 3.89 Å². The summed E-state index contributed by atoms with van der Waals surface area (Å²) < 4.78 is 62.0. The fourth-order valence-electron chi connectivity index (χ4n) is 0.696. The second kappa shape index (κ2) is 3.41. The van der Waals surface area contributed by atoms with Crippen molar-refractivity contribution in [1.29, 1.82) is 0 Å². The van der Waals surface area contributed by atoms with Crippen molar-refractivity contribution in [2.75, 3.05) is 5.73 Å². The van der Waals surface area contributed by atoms with Crippen LogP contribution in [0.5, 0.6) is 0 Å². The number of nitrogen functional groups attached to an aromatic ring is 1. The van der Waals surface area contributed by atoms with Crippen molar-refractivity contribution in [2.45, 2.75) is 4.90 Å². The van der Waals surface area contributed by atoms with Crippen molar-refractivity contribution in [3.63, 3.8) is 0 Å². The van der Waals surface area contributed by atoms with E-state index in [4.69, 9.17) is 0 Å². The molecule has 1 aromatic carbocycles. The van der Waals surface area contributed by atoms with Crippen LogP contribution in [0.1, 0.15) is 0 Å². The summed E-state index contributed by atoms with van der Waals surface area (Å²) in [7, 11) is 0. The quantitative estimate of drug-likeness (QED) is 0.443. The van der Waals surface area contributed by atoms with Crippen LogP contribution in [0.3, 0.4) is 0 Å². The maximum atomic E-state index is 12.6. The summed E-state index contributed by atoms with van der Waals surface area (Å²) in [6.45, 7) is 0. The molecule has 0 aliphatic carbocycles. The molecule has 0 aliphatic rings. The molecule has 7 heteroatoms. The fraction of sp³-hybridized carbons (Fsp3) is 0. The molecule has 1 nitrogen and oxygen atoms in total. The Morgan fingerprint density at radius 2 is 1.23 bits per heavy atom. The molecule has 0 radical (unpaired) electrons. The van der Waals surface area contributed by atoms with E-state index in [-0.39, 0.29) is 0 Å². The monoisotopic (exact) mass is 215 g/mol. The highest BCUT2D eigenvalue weighted by atomic mass is 32.2. The number of hydrogen-bond donors (Lipinski definition) is 1. The number of benzene rings is 1. The second-order valence-electron chi connectivity index (χ2n) is 2.08. The molecule has 1 rings (SSSR count). The van der Waals surface area contributed by atoms with Gasteiger partial charge in [0.05, 0.1) is 12.1 Å². The Morgan fingerprint density at radius 3 is 1.54 bits per heavy atom. The van der Waals surface area contributed by atoms with E-state index in [1.807, 2.05) is 0 Å². The average Bonchev–Trinajstić information content (AvgIpc) is 2.13. The van der Waals surface area contributed by atoms with E-state index in [0.717, 1.165) is 0 Å². The van der Waals surface area contributed by atoms with Crippen molar-refractivity contribution in [1.82, 2.24) is 0 Å². The first-order chi connectivity index (χ1) is 6.00. The molecule has 0 aliphatic heterocycles. The average molecular weight is 215 g/mol. The van der Waals surface area contributed by atoms with Crippen LogP contribution in [0.2, 0.25) is 0 Å². The van der Waals surface area contributed by atoms with Crippen LogP contribution in [0.25, 0.3) is 0 Å². The Morgan fingerprint density at radius 1 is 0.846 bits per heavy atom. The number of anilines is 1. The van der Waals surface area contributed by atoms with Crippen LogP contribution in [-0.4, -0.2) is 0 Å². The smallest absolute Gasteiger partial charge is 0.186 e. The topological polar surface area (TPSA) is 26.0 Å². The highest BCUT2D eigenvalue weighted by molar-refractivity contribution is 7.94. The normalized spacial score (nSPS) is 10.5.